The molecule has 0 amide bonds. The summed E-state index contributed by atoms with van der Waals surface area (Å²) in [6.45, 7) is 15.4. The number of benzene rings is 1. The molecular weight excluding hydrogens is 288 g/mol. The van der Waals surface area contributed by atoms with Crippen molar-refractivity contribution in [2.75, 3.05) is 6.61 Å². The molecule has 0 aromatic heterocycles. The smallest absolute Gasteiger partial charge is 0.133 e. The van der Waals surface area contributed by atoms with E-state index >= 15 is 0 Å². The van der Waals surface area contributed by atoms with Crippen LogP contribution in [0.5, 0.6) is 5.75 Å². The normalized spacial score (nSPS) is 8.94. The lowest BCUT2D eigenvalue weighted by Gasteiger charge is -2.05. The highest BCUT2D eigenvalue weighted by atomic mass is 79.9. The van der Waals surface area contributed by atoms with Crippen molar-refractivity contribution in [2.45, 2.75) is 54.9 Å². The van der Waals surface area contributed by atoms with E-state index in [0.29, 0.717) is 6.61 Å². The number of hydrogen-bond acceptors (Lipinski definition) is 1. The third-order valence-corrected chi connectivity index (χ3v) is 2.82. The zero-order valence-corrected chi connectivity index (χ0v) is 14.6. The second-order valence-corrected chi connectivity index (χ2v) is 5.02. The van der Waals surface area contributed by atoms with E-state index in [0.717, 1.165) is 16.1 Å². The van der Waals surface area contributed by atoms with Crippen LogP contribution >= 0.6 is 15.9 Å². The molecule has 0 spiro atoms. The van der Waals surface area contributed by atoms with Crippen molar-refractivity contribution in [3.8, 4) is 5.75 Å². The summed E-state index contributed by atoms with van der Waals surface area (Å²) in [6, 6.07) is 6.06. The van der Waals surface area contributed by atoms with E-state index in [9.17, 15) is 0 Å². The Bertz CT molecular complexity index is 295. The zero-order valence-electron chi connectivity index (χ0n) is 13.0. The molecule has 0 N–H and O–H groups in total. The van der Waals surface area contributed by atoms with Crippen molar-refractivity contribution in [3.63, 3.8) is 0 Å². The van der Waals surface area contributed by atoms with Crippen molar-refractivity contribution in [1.29, 1.82) is 0 Å². The van der Waals surface area contributed by atoms with Crippen molar-refractivity contribution in [1.82, 2.24) is 0 Å². The summed E-state index contributed by atoms with van der Waals surface area (Å²) >= 11 is 3.42. The SMILES string of the molecule is CC.CCC(C)C.CCOc1ccc(C)cc1Br. The fraction of sp³-hybridized carbons (Fsp3) is 0.625. The molecule has 0 radical (unpaired) electrons. The molecule has 18 heavy (non-hydrogen) atoms. The Labute approximate surface area is 122 Å². The highest BCUT2D eigenvalue weighted by Crippen LogP contribution is 2.25. The highest BCUT2D eigenvalue weighted by Gasteiger charge is 1.98. The average Bonchev–Trinajstić information content (AvgIpc) is 2.36. The monoisotopic (exact) mass is 316 g/mol. The molecule has 2 heteroatoms. The van der Waals surface area contributed by atoms with Crippen LogP contribution in [0.15, 0.2) is 22.7 Å². The van der Waals surface area contributed by atoms with Gasteiger partial charge in [-0.1, -0.05) is 47.1 Å². The number of ether oxygens (including phenoxy) is 1. The molecule has 0 saturated carbocycles. The van der Waals surface area contributed by atoms with Gasteiger partial charge >= 0.3 is 0 Å². The van der Waals surface area contributed by atoms with E-state index in [1.165, 1.54) is 12.0 Å². The Kier molecular flexibility index (Phi) is 14.3. The quantitative estimate of drug-likeness (QED) is 0.641. The van der Waals surface area contributed by atoms with Crippen LogP contribution < -0.4 is 4.74 Å². The lowest BCUT2D eigenvalue weighted by atomic mass is 10.2. The van der Waals surface area contributed by atoms with Crippen LogP contribution in [-0.4, -0.2) is 6.61 Å². The third-order valence-electron chi connectivity index (χ3n) is 2.20. The Balaban J connectivity index is 0. The molecule has 0 aliphatic carbocycles. The molecule has 0 atom stereocenters. The maximum atomic E-state index is 5.34. The molecule has 0 bridgehead atoms. The van der Waals surface area contributed by atoms with E-state index in [-0.39, 0.29) is 0 Å². The Morgan fingerprint density at radius 2 is 1.67 bits per heavy atom. The average molecular weight is 317 g/mol. The molecule has 0 aliphatic rings. The van der Waals surface area contributed by atoms with E-state index < -0.39 is 0 Å². The number of aryl methyl sites for hydroxylation is 1. The Hall–Kier alpha value is -0.500. The van der Waals surface area contributed by atoms with Gasteiger partial charge in [-0.3, -0.25) is 0 Å². The van der Waals surface area contributed by atoms with E-state index in [4.69, 9.17) is 4.74 Å². The highest BCUT2D eigenvalue weighted by molar-refractivity contribution is 9.10. The maximum absolute atomic E-state index is 5.34. The minimum absolute atomic E-state index is 0.710. The summed E-state index contributed by atoms with van der Waals surface area (Å²) in [7, 11) is 0. The Morgan fingerprint density at radius 3 is 2.00 bits per heavy atom. The van der Waals surface area contributed by atoms with Crippen LogP contribution in [0.2, 0.25) is 0 Å². The summed E-state index contributed by atoms with van der Waals surface area (Å²) in [5, 5.41) is 0. The summed E-state index contributed by atoms with van der Waals surface area (Å²) in [6.07, 6.45) is 1.31. The number of halogens is 1. The lowest BCUT2D eigenvalue weighted by Crippen LogP contribution is -1.91. The maximum Gasteiger partial charge on any atom is 0.133 e. The van der Waals surface area contributed by atoms with Gasteiger partial charge in [0.1, 0.15) is 5.75 Å². The first kappa shape index (κ1) is 19.8. The Morgan fingerprint density at radius 1 is 1.17 bits per heavy atom. The van der Waals surface area contributed by atoms with E-state index in [2.05, 4.69) is 43.6 Å². The van der Waals surface area contributed by atoms with Crippen LogP contribution in [-0.2, 0) is 0 Å². The van der Waals surface area contributed by atoms with Crippen molar-refractivity contribution in [2.24, 2.45) is 5.92 Å². The van der Waals surface area contributed by atoms with Crippen molar-refractivity contribution in [3.05, 3.63) is 28.2 Å². The second-order valence-electron chi connectivity index (χ2n) is 4.17. The van der Waals surface area contributed by atoms with E-state index in [1.807, 2.05) is 39.0 Å². The summed E-state index contributed by atoms with van der Waals surface area (Å²) < 4.78 is 6.37. The predicted octanol–water partition coefficient (Wildman–Crippen LogP) is 6.23. The van der Waals surface area contributed by atoms with Gasteiger partial charge in [0.2, 0.25) is 0 Å². The summed E-state index contributed by atoms with van der Waals surface area (Å²) in [4.78, 5) is 0. The molecule has 106 valence electrons. The van der Waals surface area contributed by atoms with Gasteiger partial charge < -0.3 is 4.74 Å². The fourth-order valence-corrected chi connectivity index (χ4v) is 1.49. The van der Waals surface area contributed by atoms with Gasteiger partial charge in [0, 0.05) is 0 Å². The molecule has 0 unspecified atom stereocenters. The fourth-order valence-electron chi connectivity index (χ4n) is 0.878. The molecule has 1 aromatic rings. The predicted molar refractivity (Wildman–Crippen MR) is 86.5 cm³/mol. The molecule has 0 saturated heterocycles. The van der Waals surface area contributed by atoms with Crippen molar-refractivity contribution < 1.29 is 4.74 Å². The van der Waals surface area contributed by atoms with Gasteiger partial charge in [-0.2, -0.15) is 0 Å². The van der Waals surface area contributed by atoms with Crippen LogP contribution in [0.1, 0.15) is 53.5 Å². The van der Waals surface area contributed by atoms with Crippen LogP contribution in [0.25, 0.3) is 0 Å². The van der Waals surface area contributed by atoms with Gasteiger partial charge in [-0.15, -0.1) is 0 Å². The van der Waals surface area contributed by atoms with E-state index in [1.54, 1.807) is 0 Å². The van der Waals surface area contributed by atoms with Crippen LogP contribution in [0.4, 0.5) is 0 Å². The topological polar surface area (TPSA) is 9.23 Å². The molecular formula is C16H29BrO. The second kappa shape index (κ2) is 12.9. The molecule has 0 heterocycles. The minimum Gasteiger partial charge on any atom is -0.493 e. The summed E-state index contributed by atoms with van der Waals surface area (Å²) in [5.74, 6) is 1.80. The van der Waals surface area contributed by atoms with Gasteiger partial charge in [0.15, 0.2) is 0 Å². The molecule has 0 fully saturated rings. The van der Waals surface area contributed by atoms with Crippen LogP contribution in [0, 0.1) is 12.8 Å². The summed E-state index contributed by atoms with van der Waals surface area (Å²) in [5.41, 5.74) is 1.24. The number of rotatable bonds is 3. The largest absolute Gasteiger partial charge is 0.493 e. The first-order valence-electron chi connectivity index (χ1n) is 6.90. The molecule has 1 nitrogen and oxygen atoms in total. The number of hydrogen-bond donors (Lipinski definition) is 0. The zero-order chi connectivity index (χ0) is 14.6. The lowest BCUT2D eigenvalue weighted by molar-refractivity contribution is 0.338. The van der Waals surface area contributed by atoms with Crippen LogP contribution in [0.3, 0.4) is 0 Å². The standard InChI is InChI=1S/C9H11BrO.C5H12.C2H6/c1-3-11-9-5-4-7(2)6-8(9)10;1-4-5(2)3;1-2/h4-6H,3H2,1-2H3;5H,4H2,1-3H3;1-2H3. The molecule has 0 aliphatic heterocycles. The first-order chi connectivity index (χ1) is 8.51. The van der Waals surface area contributed by atoms with Crippen molar-refractivity contribution >= 4 is 15.9 Å². The van der Waals surface area contributed by atoms with Gasteiger partial charge in [0.05, 0.1) is 11.1 Å². The first-order valence-corrected chi connectivity index (χ1v) is 7.69. The molecule has 1 aromatic carbocycles. The third kappa shape index (κ3) is 10.6. The van der Waals surface area contributed by atoms with Gasteiger partial charge in [-0.05, 0) is 53.4 Å². The van der Waals surface area contributed by atoms with Gasteiger partial charge in [-0.25, -0.2) is 0 Å². The van der Waals surface area contributed by atoms with Gasteiger partial charge in [0.25, 0.3) is 0 Å². The molecule has 1 rings (SSSR count). The minimum atomic E-state index is 0.710.